The number of carbonyl (C=O) groups is 1. The van der Waals surface area contributed by atoms with Gasteiger partial charge in [0, 0.05) is 37.0 Å². The van der Waals surface area contributed by atoms with Gasteiger partial charge in [-0.1, -0.05) is 0 Å². The summed E-state index contributed by atoms with van der Waals surface area (Å²) in [5.74, 6) is 0.134. The number of aromatic nitrogens is 1. The number of aromatic amines is 1. The van der Waals surface area contributed by atoms with Crippen molar-refractivity contribution in [3.63, 3.8) is 0 Å². The number of H-pyrrole nitrogens is 1. The van der Waals surface area contributed by atoms with E-state index in [1.807, 2.05) is 0 Å². The van der Waals surface area contributed by atoms with E-state index in [1.54, 1.807) is 18.6 Å². The van der Waals surface area contributed by atoms with Crippen molar-refractivity contribution >= 4 is 23.9 Å². The van der Waals surface area contributed by atoms with Crippen molar-refractivity contribution in [3.05, 3.63) is 18.0 Å². The summed E-state index contributed by atoms with van der Waals surface area (Å²) in [5, 5.41) is 0. The smallest absolute Gasteiger partial charge is 0.170 e. The Morgan fingerprint density at radius 1 is 1.55 bits per heavy atom. The van der Waals surface area contributed by atoms with E-state index in [4.69, 9.17) is 0 Å². The summed E-state index contributed by atoms with van der Waals surface area (Å²) in [5.41, 5.74) is 0.757. The van der Waals surface area contributed by atoms with Crippen LogP contribution in [0.2, 0.25) is 0 Å². The van der Waals surface area contributed by atoms with Crippen LogP contribution in [0.15, 0.2) is 21.7 Å². The minimum absolute atomic E-state index is 0.134. The van der Waals surface area contributed by atoms with Gasteiger partial charge >= 0.3 is 0 Å². The molecule has 0 radical (unpaired) electrons. The first kappa shape index (κ1) is 6.67. The van der Waals surface area contributed by atoms with Crippen LogP contribution in [0.1, 0.15) is 16.8 Å². The fraction of sp³-hybridized carbons (Fsp3) is 0.143. The predicted molar refractivity (Wildman–Crippen MR) is 44.1 cm³/mol. The highest BCUT2D eigenvalue weighted by atomic mass is 32.2. The third-order valence-corrected chi connectivity index (χ3v) is 2.30. The first-order chi connectivity index (χ1) is 5.38. The first-order valence-corrected chi connectivity index (χ1v) is 4.04. The normalized spacial score (nSPS) is 16.2. The molecule has 0 atom stereocenters. The molecule has 1 aromatic heterocycles. The topological polar surface area (TPSA) is 45.2 Å². The zero-order chi connectivity index (χ0) is 7.68. The summed E-state index contributed by atoms with van der Waals surface area (Å²) < 4.78 is 3.99. The van der Waals surface area contributed by atoms with Gasteiger partial charge in [0.15, 0.2) is 5.78 Å². The van der Waals surface area contributed by atoms with Crippen molar-refractivity contribution < 1.29 is 4.79 Å². The summed E-state index contributed by atoms with van der Waals surface area (Å²) in [7, 11) is 0. The van der Waals surface area contributed by atoms with Gasteiger partial charge in [0.05, 0.1) is 10.5 Å². The van der Waals surface area contributed by atoms with E-state index in [-0.39, 0.29) is 5.78 Å². The fourth-order valence-corrected chi connectivity index (χ4v) is 1.62. The molecule has 4 heteroatoms. The highest BCUT2D eigenvalue weighted by Gasteiger charge is 2.13. The maximum Gasteiger partial charge on any atom is 0.170 e. The molecule has 2 rings (SSSR count). The third kappa shape index (κ3) is 1.09. The Kier molecular flexibility index (Phi) is 1.54. The van der Waals surface area contributed by atoms with Crippen LogP contribution in [-0.4, -0.2) is 17.0 Å². The molecule has 2 heterocycles. The number of hydrogen-bond acceptors (Lipinski definition) is 3. The lowest BCUT2D eigenvalue weighted by Gasteiger charge is -1.90. The fourth-order valence-electron chi connectivity index (χ4n) is 0.967. The number of carbonyl (C=O) groups excluding carboxylic acids is 1. The van der Waals surface area contributed by atoms with Gasteiger partial charge in [0.1, 0.15) is 0 Å². The third-order valence-electron chi connectivity index (χ3n) is 1.51. The van der Waals surface area contributed by atoms with Crippen LogP contribution in [-0.2, 0) is 0 Å². The molecule has 0 fully saturated rings. The number of nitrogens with zero attached hydrogens (tertiary/aromatic N) is 1. The van der Waals surface area contributed by atoms with Crippen LogP contribution >= 0.6 is 11.9 Å². The average molecular weight is 166 g/mol. The molecule has 1 aliphatic heterocycles. The molecule has 3 nitrogen and oxygen atoms in total. The van der Waals surface area contributed by atoms with Gasteiger partial charge < -0.3 is 4.98 Å². The zero-order valence-electron chi connectivity index (χ0n) is 5.70. The van der Waals surface area contributed by atoms with Crippen LogP contribution in [0.3, 0.4) is 0 Å². The van der Waals surface area contributed by atoms with Crippen molar-refractivity contribution in [3.8, 4) is 0 Å². The summed E-state index contributed by atoms with van der Waals surface area (Å²) in [6, 6.07) is 0. The largest absolute Gasteiger partial charge is 0.366 e. The molecule has 0 amide bonds. The van der Waals surface area contributed by atoms with Crippen LogP contribution in [0.4, 0.5) is 0 Å². The molecule has 1 aromatic rings. The van der Waals surface area contributed by atoms with E-state index >= 15 is 0 Å². The second kappa shape index (κ2) is 2.54. The highest BCUT2D eigenvalue weighted by Crippen LogP contribution is 2.26. The standard InChI is InChI=1S/C7H6N2OS/c10-6-1-2-9-11-7-4-8-3-5(6)7/h2-4,8H,1H2. The second-order valence-corrected chi connectivity index (χ2v) is 3.07. The van der Waals surface area contributed by atoms with Crippen molar-refractivity contribution in [2.24, 2.45) is 4.40 Å². The maximum atomic E-state index is 11.2. The van der Waals surface area contributed by atoms with E-state index in [0.29, 0.717) is 6.42 Å². The van der Waals surface area contributed by atoms with Gasteiger partial charge in [0.2, 0.25) is 0 Å². The Balaban J connectivity index is 2.49. The second-order valence-electron chi connectivity index (χ2n) is 2.24. The molecular formula is C7H6N2OS. The quantitative estimate of drug-likeness (QED) is 0.596. The SMILES string of the molecule is O=C1CC=NSc2c[nH]cc21. The van der Waals surface area contributed by atoms with Crippen LogP contribution < -0.4 is 0 Å². The summed E-state index contributed by atoms with van der Waals surface area (Å²) in [6.45, 7) is 0. The van der Waals surface area contributed by atoms with Gasteiger partial charge in [-0.15, -0.1) is 0 Å². The lowest BCUT2D eigenvalue weighted by Crippen LogP contribution is -1.96. The van der Waals surface area contributed by atoms with Gasteiger partial charge in [-0.2, -0.15) is 0 Å². The predicted octanol–water partition coefficient (Wildman–Crippen LogP) is 1.68. The first-order valence-electron chi connectivity index (χ1n) is 3.27. The molecule has 1 aliphatic rings. The molecule has 0 bridgehead atoms. The summed E-state index contributed by atoms with van der Waals surface area (Å²) in [4.78, 5) is 15.0. The van der Waals surface area contributed by atoms with Gasteiger partial charge in [-0.05, 0) is 0 Å². The molecule has 0 aliphatic carbocycles. The van der Waals surface area contributed by atoms with E-state index < -0.39 is 0 Å². The highest BCUT2D eigenvalue weighted by molar-refractivity contribution is 7.98. The zero-order valence-corrected chi connectivity index (χ0v) is 6.52. The van der Waals surface area contributed by atoms with E-state index in [2.05, 4.69) is 9.38 Å². The Labute approximate surface area is 68.0 Å². The minimum atomic E-state index is 0.134. The van der Waals surface area contributed by atoms with Crippen LogP contribution in [0.5, 0.6) is 0 Å². The van der Waals surface area contributed by atoms with Crippen molar-refractivity contribution in [1.29, 1.82) is 0 Å². The van der Waals surface area contributed by atoms with Crippen molar-refractivity contribution in [2.45, 2.75) is 11.3 Å². The maximum absolute atomic E-state index is 11.2. The van der Waals surface area contributed by atoms with E-state index in [0.717, 1.165) is 10.5 Å². The molecule has 1 N–H and O–H groups in total. The number of Topliss-reactive ketones (excluding diaryl/α,β-unsaturated/α-hetero) is 1. The molecule has 0 unspecified atom stereocenters. The Morgan fingerprint density at radius 3 is 3.36 bits per heavy atom. The number of nitrogens with one attached hydrogen (secondary N) is 1. The molecule has 0 saturated carbocycles. The Bertz CT molecular complexity index is 316. The number of ketones is 1. The molecule has 0 saturated heterocycles. The van der Waals surface area contributed by atoms with Gasteiger partial charge in [0.25, 0.3) is 0 Å². The van der Waals surface area contributed by atoms with Crippen LogP contribution in [0, 0.1) is 0 Å². The Morgan fingerprint density at radius 2 is 2.45 bits per heavy atom. The van der Waals surface area contributed by atoms with Crippen LogP contribution in [0.25, 0.3) is 0 Å². The molecule has 56 valence electrons. The van der Waals surface area contributed by atoms with E-state index in [1.165, 1.54) is 11.9 Å². The lowest BCUT2D eigenvalue weighted by atomic mass is 10.2. The average Bonchev–Trinajstić information content (AvgIpc) is 2.40. The summed E-state index contributed by atoms with van der Waals surface area (Å²) >= 11 is 1.34. The monoisotopic (exact) mass is 166 g/mol. The number of rotatable bonds is 0. The molecule has 0 spiro atoms. The lowest BCUT2D eigenvalue weighted by molar-refractivity contribution is 0.0999. The molecular weight excluding hydrogens is 160 g/mol. The molecule has 0 aromatic carbocycles. The van der Waals surface area contributed by atoms with Gasteiger partial charge in [-0.3, -0.25) is 4.79 Å². The molecule has 11 heavy (non-hydrogen) atoms. The summed E-state index contributed by atoms with van der Waals surface area (Å²) in [6.07, 6.45) is 5.57. The van der Waals surface area contributed by atoms with Crippen molar-refractivity contribution in [2.75, 3.05) is 0 Å². The number of fused-ring (bicyclic) bond motifs is 1. The Hall–Kier alpha value is -1.03. The minimum Gasteiger partial charge on any atom is -0.366 e. The number of hydrogen-bond donors (Lipinski definition) is 1. The van der Waals surface area contributed by atoms with E-state index in [9.17, 15) is 4.79 Å². The van der Waals surface area contributed by atoms with Crippen molar-refractivity contribution in [1.82, 2.24) is 4.98 Å². The van der Waals surface area contributed by atoms with Gasteiger partial charge in [-0.25, -0.2) is 4.40 Å².